The summed E-state index contributed by atoms with van der Waals surface area (Å²) in [5, 5.41) is 19.1. The van der Waals surface area contributed by atoms with Gasteiger partial charge < -0.3 is 19.7 Å². The molecule has 0 saturated heterocycles. The smallest absolute Gasteiger partial charge is 0.161 e. The fraction of sp³-hybridized carbons (Fsp3) is 0.125. The van der Waals surface area contributed by atoms with Gasteiger partial charge in [-0.25, -0.2) is 0 Å². The molecule has 2 aromatic rings. The minimum absolute atomic E-state index is 0.107. The third-order valence-electron chi connectivity index (χ3n) is 2.88. The molecule has 0 amide bonds. The molecule has 0 heterocycles. The maximum atomic E-state index is 9.53. The van der Waals surface area contributed by atoms with Gasteiger partial charge in [0, 0.05) is 0 Å². The number of methoxy groups -OCH3 is 2. The van der Waals surface area contributed by atoms with Crippen molar-refractivity contribution in [1.29, 1.82) is 0 Å². The Morgan fingerprint density at radius 1 is 0.750 bits per heavy atom. The topological polar surface area (TPSA) is 58.9 Å². The molecule has 0 aliphatic heterocycles. The molecule has 0 spiro atoms. The van der Waals surface area contributed by atoms with Gasteiger partial charge >= 0.3 is 0 Å². The monoisotopic (exact) mass is 272 g/mol. The fourth-order valence-electron chi connectivity index (χ4n) is 1.79. The molecule has 0 unspecified atom stereocenters. The molecular formula is C16H16O4. The highest BCUT2D eigenvalue weighted by Crippen LogP contribution is 2.29. The molecule has 0 bridgehead atoms. The lowest BCUT2D eigenvalue weighted by molar-refractivity contribution is 0.373. The Kier molecular flexibility index (Phi) is 4.15. The first-order chi connectivity index (χ1) is 9.63. The Labute approximate surface area is 117 Å². The summed E-state index contributed by atoms with van der Waals surface area (Å²) >= 11 is 0. The molecule has 0 radical (unpaired) electrons. The first-order valence-corrected chi connectivity index (χ1v) is 6.06. The van der Waals surface area contributed by atoms with E-state index in [0.29, 0.717) is 11.5 Å². The Morgan fingerprint density at radius 2 is 1.15 bits per heavy atom. The zero-order valence-corrected chi connectivity index (χ0v) is 11.3. The van der Waals surface area contributed by atoms with Crippen LogP contribution in [0.1, 0.15) is 11.1 Å². The van der Waals surface area contributed by atoms with Crippen molar-refractivity contribution in [3.8, 4) is 23.0 Å². The summed E-state index contributed by atoms with van der Waals surface area (Å²) in [6, 6.07) is 10.2. The maximum absolute atomic E-state index is 9.53. The Balaban J connectivity index is 2.25. The third-order valence-corrected chi connectivity index (χ3v) is 2.88. The minimum Gasteiger partial charge on any atom is -0.504 e. The standard InChI is InChI=1S/C16H16O4/c1-19-15-9-11(5-7-13(15)17)3-4-12-6-8-14(18)16(10-12)20-2/h3-10,17-18H,1-2H3/b4-3-. The van der Waals surface area contributed by atoms with E-state index in [-0.39, 0.29) is 11.5 Å². The number of hydrogen-bond donors (Lipinski definition) is 2. The number of benzene rings is 2. The number of phenolic OH excluding ortho intramolecular Hbond substituents is 2. The summed E-state index contributed by atoms with van der Waals surface area (Å²) in [5.74, 6) is 1.07. The van der Waals surface area contributed by atoms with E-state index in [9.17, 15) is 10.2 Å². The highest BCUT2D eigenvalue weighted by molar-refractivity contribution is 5.72. The quantitative estimate of drug-likeness (QED) is 0.838. The van der Waals surface area contributed by atoms with E-state index < -0.39 is 0 Å². The predicted octanol–water partition coefficient (Wildman–Crippen LogP) is 3.29. The highest BCUT2D eigenvalue weighted by Gasteiger charge is 2.02. The van der Waals surface area contributed by atoms with Crippen LogP contribution in [0.2, 0.25) is 0 Å². The third kappa shape index (κ3) is 3.03. The Morgan fingerprint density at radius 3 is 1.50 bits per heavy atom. The summed E-state index contributed by atoms with van der Waals surface area (Å²) in [4.78, 5) is 0. The Hall–Kier alpha value is -2.62. The molecule has 0 saturated carbocycles. The zero-order valence-electron chi connectivity index (χ0n) is 11.3. The van der Waals surface area contributed by atoms with Crippen molar-refractivity contribution in [2.24, 2.45) is 0 Å². The van der Waals surface area contributed by atoms with Crippen LogP contribution in [-0.2, 0) is 0 Å². The highest BCUT2D eigenvalue weighted by atomic mass is 16.5. The lowest BCUT2D eigenvalue weighted by Gasteiger charge is -2.05. The van der Waals surface area contributed by atoms with E-state index in [1.54, 1.807) is 36.4 Å². The van der Waals surface area contributed by atoms with Crippen molar-refractivity contribution in [2.45, 2.75) is 0 Å². The van der Waals surface area contributed by atoms with Crippen molar-refractivity contribution in [3.05, 3.63) is 47.5 Å². The number of phenols is 2. The van der Waals surface area contributed by atoms with Gasteiger partial charge in [0.05, 0.1) is 14.2 Å². The molecular weight excluding hydrogens is 256 g/mol. The SMILES string of the molecule is COc1cc(/C=C\c2ccc(O)c(OC)c2)ccc1O. The number of hydrogen-bond acceptors (Lipinski definition) is 4. The molecule has 0 aromatic heterocycles. The number of aromatic hydroxyl groups is 2. The average molecular weight is 272 g/mol. The molecule has 0 fully saturated rings. The maximum Gasteiger partial charge on any atom is 0.161 e. The zero-order chi connectivity index (χ0) is 14.5. The summed E-state index contributed by atoms with van der Waals surface area (Å²) in [7, 11) is 3.01. The van der Waals surface area contributed by atoms with Crippen LogP contribution in [-0.4, -0.2) is 24.4 Å². The van der Waals surface area contributed by atoms with E-state index >= 15 is 0 Å². The van der Waals surface area contributed by atoms with Crippen LogP contribution in [0.4, 0.5) is 0 Å². The molecule has 2 aromatic carbocycles. The van der Waals surface area contributed by atoms with E-state index in [4.69, 9.17) is 9.47 Å². The van der Waals surface area contributed by atoms with Crippen LogP contribution in [0.5, 0.6) is 23.0 Å². The van der Waals surface area contributed by atoms with E-state index in [0.717, 1.165) is 11.1 Å². The molecule has 0 aliphatic carbocycles. The second-order valence-electron chi connectivity index (χ2n) is 4.20. The lowest BCUT2D eigenvalue weighted by Crippen LogP contribution is -1.85. The van der Waals surface area contributed by atoms with E-state index in [1.807, 2.05) is 12.2 Å². The molecule has 104 valence electrons. The van der Waals surface area contributed by atoms with Gasteiger partial charge in [0.2, 0.25) is 0 Å². The number of rotatable bonds is 4. The lowest BCUT2D eigenvalue weighted by atomic mass is 10.1. The largest absolute Gasteiger partial charge is 0.504 e. The van der Waals surface area contributed by atoms with Gasteiger partial charge in [0.15, 0.2) is 23.0 Å². The molecule has 20 heavy (non-hydrogen) atoms. The van der Waals surface area contributed by atoms with Crippen molar-refractivity contribution < 1.29 is 19.7 Å². The molecule has 2 N–H and O–H groups in total. The predicted molar refractivity (Wildman–Crippen MR) is 78.2 cm³/mol. The molecule has 2 rings (SSSR count). The van der Waals surface area contributed by atoms with Gasteiger partial charge in [0.1, 0.15) is 0 Å². The molecule has 4 nitrogen and oxygen atoms in total. The first-order valence-electron chi connectivity index (χ1n) is 6.06. The van der Waals surface area contributed by atoms with Gasteiger partial charge in [-0.3, -0.25) is 0 Å². The van der Waals surface area contributed by atoms with E-state index in [1.165, 1.54) is 14.2 Å². The van der Waals surface area contributed by atoms with Gasteiger partial charge in [-0.1, -0.05) is 24.3 Å². The van der Waals surface area contributed by atoms with Crippen LogP contribution in [0.3, 0.4) is 0 Å². The second kappa shape index (κ2) is 6.02. The van der Waals surface area contributed by atoms with Crippen LogP contribution >= 0.6 is 0 Å². The second-order valence-corrected chi connectivity index (χ2v) is 4.20. The summed E-state index contributed by atoms with van der Waals surface area (Å²) < 4.78 is 10.1. The van der Waals surface area contributed by atoms with Crippen molar-refractivity contribution in [3.63, 3.8) is 0 Å². The average Bonchev–Trinajstić information content (AvgIpc) is 2.47. The van der Waals surface area contributed by atoms with Crippen molar-refractivity contribution in [2.75, 3.05) is 14.2 Å². The first kappa shape index (κ1) is 13.8. The number of ether oxygens (including phenoxy) is 2. The summed E-state index contributed by atoms with van der Waals surface area (Å²) in [6.07, 6.45) is 3.77. The fourth-order valence-corrected chi connectivity index (χ4v) is 1.79. The summed E-state index contributed by atoms with van der Waals surface area (Å²) in [5.41, 5.74) is 1.79. The summed E-state index contributed by atoms with van der Waals surface area (Å²) in [6.45, 7) is 0. The van der Waals surface area contributed by atoms with Gasteiger partial charge in [-0.05, 0) is 35.4 Å². The Bertz CT molecular complexity index is 577. The molecule has 0 atom stereocenters. The van der Waals surface area contributed by atoms with Crippen LogP contribution in [0.15, 0.2) is 36.4 Å². The van der Waals surface area contributed by atoms with Crippen LogP contribution in [0, 0.1) is 0 Å². The van der Waals surface area contributed by atoms with E-state index in [2.05, 4.69) is 0 Å². The van der Waals surface area contributed by atoms with Gasteiger partial charge in [-0.2, -0.15) is 0 Å². The normalized spacial score (nSPS) is 10.7. The molecule has 4 heteroatoms. The van der Waals surface area contributed by atoms with Gasteiger partial charge in [0.25, 0.3) is 0 Å². The molecule has 0 aliphatic rings. The van der Waals surface area contributed by atoms with Crippen LogP contribution < -0.4 is 9.47 Å². The van der Waals surface area contributed by atoms with Crippen molar-refractivity contribution in [1.82, 2.24) is 0 Å². The van der Waals surface area contributed by atoms with Crippen LogP contribution in [0.25, 0.3) is 12.2 Å². The van der Waals surface area contributed by atoms with Crippen molar-refractivity contribution >= 4 is 12.2 Å². The minimum atomic E-state index is 0.107. The van der Waals surface area contributed by atoms with Gasteiger partial charge in [-0.15, -0.1) is 0 Å².